The van der Waals surface area contributed by atoms with Crippen LogP contribution < -0.4 is 14.4 Å². The van der Waals surface area contributed by atoms with E-state index in [1.807, 2.05) is 12.1 Å². The first kappa shape index (κ1) is 15.8. The van der Waals surface area contributed by atoms with Gasteiger partial charge in [-0.15, -0.1) is 0 Å². The van der Waals surface area contributed by atoms with E-state index < -0.39 is 10.0 Å². The van der Waals surface area contributed by atoms with Crippen LogP contribution in [0.5, 0.6) is 5.75 Å². The maximum Gasteiger partial charge on any atom is 0.241 e. The van der Waals surface area contributed by atoms with Crippen LogP contribution in [-0.2, 0) is 23.0 Å². The molecule has 0 radical (unpaired) electrons. The Bertz CT molecular complexity index is 804. The van der Waals surface area contributed by atoms with E-state index in [4.69, 9.17) is 4.74 Å². The molecule has 0 unspecified atom stereocenters. The van der Waals surface area contributed by atoms with E-state index in [1.54, 1.807) is 19.2 Å². The molecule has 1 aromatic carbocycles. The van der Waals surface area contributed by atoms with Crippen molar-refractivity contribution < 1.29 is 13.2 Å². The number of sulfonamides is 1. The number of fused-ring (bicyclic) bond motifs is 1. The second-order valence-electron chi connectivity index (χ2n) is 5.37. The van der Waals surface area contributed by atoms with Gasteiger partial charge in [-0.3, -0.25) is 0 Å². The first-order valence-electron chi connectivity index (χ1n) is 7.34. The van der Waals surface area contributed by atoms with Gasteiger partial charge in [-0.2, -0.15) is 0 Å². The Morgan fingerprint density at radius 1 is 1.22 bits per heavy atom. The van der Waals surface area contributed by atoms with Crippen LogP contribution in [0.15, 0.2) is 41.4 Å². The molecule has 0 amide bonds. The minimum atomic E-state index is -3.45. The topological polar surface area (TPSA) is 71.5 Å². The van der Waals surface area contributed by atoms with E-state index in [1.165, 1.54) is 24.4 Å². The first-order valence-corrected chi connectivity index (χ1v) is 8.82. The normalized spacial score (nSPS) is 14.4. The third-order valence-corrected chi connectivity index (χ3v) is 5.45. The Morgan fingerprint density at radius 2 is 2.04 bits per heavy atom. The number of hydrogen-bond acceptors (Lipinski definition) is 5. The molecule has 2 aromatic rings. The molecular weight excluding hydrogens is 314 g/mol. The quantitative estimate of drug-likeness (QED) is 0.919. The summed E-state index contributed by atoms with van der Waals surface area (Å²) in [6.07, 6.45) is 2.32. The molecule has 1 aliphatic heterocycles. The highest BCUT2D eigenvalue weighted by molar-refractivity contribution is 7.89. The minimum Gasteiger partial charge on any atom is -0.497 e. The van der Waals surface area contributed by atoms with Crippen LogP contribution in [0, 0.1) is 0 Å². The number of rotatable bonds is 4. The lowest BCUT2D eigenvalue weighted by Gasteiger charge is -2.30. The van der Waals surface area contributed by atoms with Gasteiger partial charge in [0.05, 0.1) is 7.11 Å². The van der Waals surface area contributed by atoms with E-state index in [0.29, 0.717) is 0 Å². The van der Waals surface area contributed by atoms with Gasteiger partial charge in [0.15, 0.2) is 0 Å². The van der Waals surface area contributed by atoms with Gasteiger partial charge in [-0.05, 0) is 48.9 Å². The third-order valence-electron chi connectivity index (χ3n) is 4.05. The summed E-state index contributed by atoms with van der Waals surface area (Å²) < 4.78 is 31.1. The molecule has 3 rings (SSSR count). The molecule has 23 heavy (non-hydrogen) atoms. The maximum absolute atomic E-state index is 11.7. The lowest BCUT2D eigenvalue weighted by atomic mass is 9.99. The van der Waals surface area contributed by atoms with Crippen molar-refractivity contribution in [3.8, 4) is 5.75 Å². The van der Waals surface area contributed by atoms with Crippen LogP contribution in [0.2, 0.25) is 0 Å². The van der Waals surface area contributed by atoms with Crippen molar-refractivity contribution in [3.63, 3.8) is 0 Å². The van der Waals surface area contributed by atoms with Gasteiger partial charge in [0.25, 0.3) is 0 Å². The zero-order valence-corrected chi connectivity index (χ0v) is 13.9. The fraction of sp³-hybridized carbons (Fsp3) is 0.312. The Kier molecular flexibility index (Phi) is 4.23. The molecule has 6 nitrogen and oxygen atoms in total. The fourth-order valence-corrected chi connectivity index (χ4v) is 3.37. The lowest BCUT2D eigenvalue weighted by Crippen LogP contribution is -2.31. The molecule has 122 valence electrons. The van der Waals surface area contributed by atoms with E-state index in [0.717, 1.165) is 31.1 Å². The average Bonchev–Trinajstić information content (AvgIpc) is 2.60. The van der Waals surface area contributed by atoms with Crippen LogP contribution in [0.1, 0.15) is 11.1 Å². The standard InChI is InChI=1S/C16H19N3O3S/c1-17-23(20,21)15-5-6-16(18-10-15)19-8-7-12-3-4-14(22-2)9-13(12)11-19/h3-6,9-10,17H,7-8,11H2,1-2H3. The molecule has 0 aliphatic carbocycles. The highest BCUT2D eigenvalue weighted by Crippen LogP contribution is 2.26. The number of methoxy groups -OCH3 is 1. The summed E-state index contributed by atoms with van der Waals surface area (Å²) in [5.41, 5.74) is 2.53. The van der Waals surface area contributed by atoms with Crippen LogP contribution in [0.3, 0.4) is 0 Å². The van der Waals surface area contributed by atoms with Crippen LogP contribution in [0.25, 0.3) is 0 Å². The SMILES string of the molecule is CNS(=O)(=O)c1ccc(N2CCc3ccc(OC)cc3C2)nc1. The van der Waals surface area contributed by atoms with Crippen molar-refractivity contribution in [2.24, 2.45) is 0 Å². The van der Waals surface area contributed by atoms with Crippen molar-refractivity contribution in [3.05, 3.63) is 47.7 Å². The Labute approximate surface area is 136 Å². The van der Waals surface area contributed by atoms with Gasteiger partial charge in [-0.25, -0.2) is 18.1 Å². The summed E-state index contributed by atoms with van der Waals surface area (Å²) in [7, 11) is -0.406. The fourth-order valence-electron chi connectivity index (χ4n) is 2.69. The summed E-state index contributed by atoms with van der Waals surface area (Å²) in [5, 5.41) is 0. The second kappa shape index (κ2) is 6.17. The van der Waals surface area contributed by atoms with Crippen molar-refractivity contribution in [1.82, 2.24) is 9.71 Å². The summed E-state index contributed by atoms with van der Waals surface area (Å²) in [6, 6.07) is 9.44. The van der Waals surface area contributed by atoms with Crippen molar-refractivity contribution in [2.75, 3.05) is 25.6 Å². The molecule has 0 saturated heterocycles. The number of aromatic nitrogens is 1. The second-order valence-corrected chi connectivity index (χ2v) is 7.25. The van der Waals surface area contributed by atoms with E-state index >= 15 is 0 Å². The monoisotopic (exact) mass is 333 g/mol. The number of ether oxygens (including phenoxy) is 1. The van der Waals surface area contributed by atoms with Gasteiger partial charge >= 0.3 is 0 Å². The minimum absolute atomic E-state index is 0.169. The lowest BCUT2D eigenvalue weighted by molar-refractivity contribution is 0.413. The van der Waals surface area contributed by atoms with Gasteiger partial charge in [-0.1, -0.05) is 6.07 Å². The molecule has 0 atom stereocenters. The zero-order chi connectivity index (χ0) is 16.4. The Balaban J connectivity index is 1.83. The molecule has 2 heterocycles. The molecule has 1 aromatic heterocycles. The number of hydrogen-bond donors (Lipinski definition) is 1. The summed E-state index contributed by atoms with van der Waals surface area (Å²) >= 11 is 0. The summed E-state index contributed by atoms with van der Waals surface area (Å²) in [4.78, 5) is 6.61. The van der Waals surface area contributed by atoms with Gasteiger partial charge < -0.3 is 9.64 Å². The van der Waals surface area contributed by atoms with Crippen molar-refractivity contribution >= 4 is 15.8 Å². The van der Waals surface area contributed by atoms with Crippen LogP contribution in [-0.4, -0.2) is 34.1 Å². The number of anilines is 1. The predicted molar refractivity (Wildman–Crippen MR) is 88.2 cm³/mol. The van der Waals surface area contributed by atoms with E-state index in [-0.39, 0.29) is 4.90 Å². The predicted octanol–water partition coefficient (Wildman–Crippen LogP) is 1.56. The molecular formula is C16H19N3O3S. The smallest absolute Gasteiger partial charge is 0.241 e. The van der Waals surface area contributed by atoms with Crippen LogP contribution in [0.4, 0.5) is 5.82 Å². The number of pyridine rings is 1. The highest BCUT2D eigenvalue weighted by atomic mass is 32.2. The number of nitrogens with zero attached hydrogens (tertiary/aromatic N) is 2. The highest BCUT2D eigenvalue weighted by Gasteiger charge is 2.19. The maximum atomic E-state index is 11.7. The molecule has 0 saturated carbocycles. The summed E-state index contributed by atoms with van der Waals surface area (Å²) in [5.74, 6) is 1.61. The molecule has 1 aliphatic rings. The van der Waals surface area contributed by atoms with Crippen molar-refractivity contribution in [2.45, 2.75) is 17.9 Å². The zero-order valence-electron chi connectivity index (χ0n) is 13.1. The third kappa shape index (κ3) is 3.16. The molecule has 0 bridgehead atoms. The van der Waals surface area contributed by atoms with Gasteiger partial charge in [0, 0.05) is 19.3 Å². The average molecular weight is 333 g/mol. The molecule has 1 N–H and O–H groups in total. The van der Waals surface area contributed by atoms with Crippen LogP contribution >= 0.6 is 0 Å². The van der Waals surface area contributed by atoms with Gasteiger partial charge in [0.1, 0.15) is 16.5 Å². The Hall–Kier alpha value is -2.12. The number of nitrogens with one attached hydrogen (secondary N) is 1. The first-order chi connectivity index (χ1) is 11.0. The summed E-state index contributed by atoms with van der Waals surface area (Å²) in [6.45, 7) is 1.59. The Morgan fingerprint density at radius 3 is 2.70 bits per heavy atom. The van der Waals surface area contributed by atoms with Crippen molar-refractivity contribution in [1.29, 1.82) is 0 Å². The van der Waals surface area contributed by atoms with Gasteiger partial charge in [0.2, 0.25) is 10.0 Å². The van der Waals surface area contributed by atoms with E-state index in [9.17, 15) is 8.42 Å². The molecule has 0 spiro atoms. The van der Waals surface area contributed by atoms with E-state index in [2.05, 4.69) is 20.7 Å². The number of benzene rings is 1. The largest absolute Gasteiger partial charge is 0.497 e. The molecule has 7 heteroatoms. The molecule has 0 fully saturated rings.